The summed E-state index contributed by atoms with van der Waals surface area (Å²) in [6, 6.07) is 19.3. The lowest BCUT2D eigenvalue weighted by atomic mass is 9.95. The summed E-state index contributed by atoms with van der Waals surface area (Å²) < 4.78 is 52.2. The summed E-state index contributed by atoms with van der Waals surface area (Å²) in [6.07, 6.45) is 2.12. The molecule has 1 atom stereocenters. The van der Waals surface area contributed by atoms with Crippen LogP contribution in [0, 0.1) is 0 Å². The number of amidine groups is 1. The van der Waals surface area contributed by atoms with Crippen molar-refractivity contribution >= 4 is 43.0 Å². The molecule has 0 saturated carbocycles. The smallest absolute Gasteiger partial charge is 0.229 e. The average Bonchev–Trinajstić information content (AvgIpc) is 2.88. The molecule has 1 heterocycles. The van der Waals surface area contributed by atoms with Crippen molar-refractivity contribution in [3.8, 4) is 0 Å². The fourth-order valence-corrected chi connectivity index (χ4v) is 5.67. The van der Waals surface area contributed by atoms with E-state index in [2.05, 4.69) is 4.72 Å². The molecule has 0 aromatic heterocycles. The van der Waals surface area contributed by atoms with E-state index in [0.29, 0.717) is 17.4 Å². The van der Waals surface area contributed by atoms with Crippen LogP contribution in [-0.4, -0.2) is 47.1 Å². The Hall–Kier alpha value is -2.88. The van der Waals surface area contributed by atoms with E-state index in [4.69, 9.17) is 16.6 Å². The lowest BCUT2D eigenvalue weighted by Crippen LogP contribution is -2.29. The highest BCUT2D eigenvalue weighted by Gasteiger charge is 2.29. The third kappa shape index (κ3) is 5.11. The largest absolute Gasteiger partial charge is 0.355 e. The molecular weight excluding hydrogens is 494 g/mol. The van der Waals surface area contributed by atoms with E-state index < -0.39 is 25.9 Å². The summed E-state index contributed by atoms with van der Waals surface area (Å²) in [4.78, 5) is 6.87. The zero-order valence-corrected chi connectivity index (χ0v) is 21.2. The summed E-state index contributed by atoms with van der Waals surface area (Å²) in [6.45, 7) is 0.454. The van der Waals surface area contributed by atoms with Crippen LogP contribution in [0.15, 0.2) is 76.6 Å². The van der Waals surface area contributed by atoms with E-state index in [0.717, 1.165) is 29.2 Å². The molecule has 0 bridgehead atoms. The van der Waals surface area contributed by atoms with Gasteiger partial charge < -0.3 is 4.90 Å². The normalized spacial score (nSPS) is 16.4. The Bertz CT molecular complexity index is 1480. The summed E-state index contributed by atoms with van der Waals surface area (Å²) >= 11 is 6.11. The van der Waals surface area contributed by atoms with Crippen molar-refractivity contribution < 1.29 is 16.8 Å². The number of fused-ring (bicyclic) bond motifs is 1. The lowest BCUT2D eigenvalue weighted by Gasteiger charge is -2.24. The molecule has 1 aliphatic heterocycles. The topological polar surface area (TPSA) is 95.9 Å². The predicted octanol–water partition coefficient (Wildman–Crippen LogP) is 4.10. The number of nitrogens with one attached hydrogen (secondary N) is 1. The minimum atomic E-state index is -3.71. The predicted molar refractivity (Wildman–Crippen MR) is 136 cm³/mol. The molecule has 1 N–H and O–H groups in total. The number of hydrogen-bond donors (Lipinski definition) is 1. The van der Waals surface area contributed by atoms with Gasteiger partial charge in [0.05, 0.1) is 22.4 Å². The number of halogens is 1. The number of benzene rings is 3. The van der Waals surface area contributed by atoms with E-state index in [1.165, 1.54) is 18.2 Å². The second kappa shape index (κ2) is 9.05. The Morgan fingerprint density at radius 1 is 0.941 bits per heavy atom. The minimum absolute atomic E-state index is 0.00689. The molecule has 34 heavy (non-hydrogen) atoms. The third-order valence-electron chi connectivity index (χ3n) is 5.50. The fourth-order valence-electron chi connectivity index (χ4n) is 4.08. The van der Waals surface area contributed by atoms with Gasteiger partial charge in [0, 0.05) is 24.9 Å². The maximum atomic E-state index is 12.7. The SMILES string of the molecule is CN1Cc2ccccc2C(c2ccc(Cl)cc2)N=C1c1c(NS(C)(=O)=O)cccc1S(C)(=O)=O. The molecule has 0 aliphatic carbocycles. The van der Waals surface area contributed by atoms with Crippen LogP contribution in [0.2, 0.25) is 5.02 Å². The van der Waals surface area contributed by atoms with E-state index in [9.17, 15) is 16.8 Å². The molecule has 4 rings (SSSR count). The van der Waals surface area contributed by atoms with Crippen molar-refractivity contribution in [3.63, 3.8) is 0 Å². The van der Waals surface area contributed by atoms with Gasteiger partial charge in [-0.1, -0.05) is 54.1 Å². The summed E-state index contributed by atoms with van der Waals surface area (Å²) in [5.74, 6) is 0.364. The average molecular weight is 518 g/mol. The molecule has 3 aromatic rings. The van der Waals surface area contributed by atoms with Gasteiger partial charge in [-0.05, 0) is 41.0 Å². The summed E-state index contributed by atoms with van der Waals surface area (Å²) in [5, 5.41) is 0.592. The van der Waals surface area contributed by atoms with E-state index in [-0.39, 0.29) is 16.1 Å². The first-order valence-corrected chi connectivity index (χ1v) is 14.5. The van der Waals surface area contributed by atoms with Crippen LogP contribution >= 0.6 is 11.6 Å². The van der Waals surface area contributed by atoms with Crippen LogP contribution in [0.4, 0.5) is 5.69 Å². The highest BCUT2D eigenvalue weighted by atomic mass is 35.5. The van der Waals surface area contributed by atoms with Crippen LogP contribution < -0.4 is 4.72 Å². The molecule has 3 aromatic carbocycles. The second-order valence-corrected chi connectivity index (χ2v) is 12.5. The van der Waals surface area contributed by atoms with Crippen molar-refractivity contribution in [2.45, 2.75) is 17.5 Å². The Balaban J connectivity index is 2.03. The fraction of sp³-hybridized carbons (Fsp3) is 0.208. The van der Waals surface area contributed by atoms with Crippen molar-refractivity contribution in [1.82, 2.24) is 4.90 Å². The van der Waals surface area contributed by atoms with Crippen molar-refractivity contribution in [1.29, 1.82) is 0 Å². The van der Waals surface area contributed by atoms with Crippen LogP contribution in [0.1, 0.15) is 28.3 Å². The first-order chi connectivity index (χ1) is 15.9. The third-order valence-corrected chi connectivity index (χ3v) is 7.48. The maximum absolute atomic E-state index is 12.7. The number of aliphatic imine (C=N–C) groups is 1. The van der Waals surface area contributed by atoms with E-state index in [1.807, 2.05) is 48.3 Å². The van der Waals surface area contributed by atoms with Gasteiger partial charge in [0.2, 0.25) is 10.0 Å². The zero-order chi connectivity index (χ0) is 24.7. The zero-order valence-electron chi connectivity index (χ0n) is 18.9. The molecule has 0 saturated heterocycles. The van der Waals surface area contributed by atoms with Gasteiger partial charge >= 0.3 is 0 Å². The molecule has 178 valence electrons. The molecule has 7 nitrogen and oxygen atoms in total. The first kappa shape index (κ1) is 24.3. The highest BCUT2D eigenvalue weighted by Crippen LogP contribution is 2.36. The number of anilines is 1. The Labute approximate surface area is 205 Å². The molecule has 0 radical (unpaired) electrons. The van der Waals surface area contributed by atoms with Crippen molar-refractivity contribution in [2.24, 2.45) is 4.99 Å². The molecule has 1 aliphatic rings. The lowest BCUT2D eigenvalue weighted by molar-refractivity contribution is 0.503. The number of sulfonamides is 1. The van der Waals surface area contributed by atoms with Gasteiger partial charge in [-0.2, -0.15) is 0 Å². The molecule has 0 spiro atoms. The van der Waals surface area contributed by atoms with Gasteiger partial charge in [-0.25, -0.2) is 16.8 Å². The quantitative estimate of drug-likeness (QED) is 0.549. The number of nitrogens with zero attached hydrogens (tertiary/aromatic N) is 2. The molecule has 1 unspecified atom stereocenters. The van der Waals surface area contributed by atoms with Gasteiger partial charge in [0.25, 0.3) is 0 Å². The molecule has 0 fully saturated rings. The first-order valence-electron chi connectivity index (χ1n) is 10.4. The van der Waals surface area contributed by atoms with E-state index in [1.54, 1.807) is 12.1 Å². The van der Waals surface area contributed by atoms with Gasteiger partial charge in [-0.15, -0.1) is 0 Å². The van der Waals surface area contributed by atoms with E-state index >= 15 is 0 Å². The van der Waals surface area contributed by atoms with Crippen LogP contribution in [0.5, 0.6) is 0 Å². The Kier molecular flexibility index (Phi) is 6.46. The maximum Gasteiger partial charge on any atom is 0.229 e. The molecular formula is C24H24ClN3O4S2. The number of rotatable bonds is 5. The van der Waals surface area contributed by atoms with Gasteiger partial charge in [0.15, 0.2) is 9.84 Å². The van der Waals surface area contributed by atoms with Crippen LogP contribution in [-0.2, 0) is 26.4 Å². The minimum Gasteiger partial charge on any atom is -0.355 e. The second-order valence-electron chi connectivity index (χ2n) is 8.29. The Morgan fingerprint density at radius 3 is 2.26 bits per heavy atom. The van der Waals surface area contributed by atoms with Gasteiger partial charge in [0.1, 0.15) is 11.9 Å². The van der Waals surface area contributed by atoms with Crippen LogP contribution in [0.3, 0.4) is 0 Å². The number of hydrogen-bond acceptors (Lipinski definition) is 6. The van der Waals surface area contributed by atoms with Crippen LogP contribution in [0.25, 0.3) is 0 Å². The van der Waals surface area contributed by atoms with Gasteiger partial charge in [-0.3, -0.25) is 9.71 Å². The molecule has 10 heteroatoms. The van der Waals surface area contributed by atoms with Crippen molar-refractivity contribution in [2.75, 3.05) is 24.3 Å². The summed E-state index contributed by atoms with van der Waals surface area (Å²) in [5.41, 5.74) is 3.24. The summed E-state index contributed by atoms with van der Waals surface area (Å²) in [7, 11) is -5.59. The monoisotopic (exact) mass is 517 g/mol. The Morgan fingerprint density at radius 2 is 1.62 bits per heavy atom. The molecule has 0 amide bonds. The highest BCUT2D eigenvalue weighted by molar-refractivity contribution is 7.92. The van der Waals surface area contributed by atoms with Crippen molar-refractivity contribution in [3.05, 3.63) is 94.0 Å². The standard InChI is InChI=1S/C24H24ClN3O4S2/c1-28-15-17-7-4-5-8-19(17)23(16-11-13-18(25)14-12-16)26-24(28)22-20(27-34(3,31)32)9-6-10-21(22)33(2,29)30/h4-14,23,27H,15H2,1-3H3. The number of sulfone groups is 1.